The number of hydrogen-bond donors (Lipinski definition) is 2. The van der Waals surface area contributed by atoms with E-state index in [1.807, 2.05) is 0 Å². The maximum Gasteiger partial charge on any atom is 0.0693 e. The summed E-state index contributed by atoms with van der Waals surface area (Å²) in [5, 5.41) is 14.0. The second-order valence-corrected chi connectivity index (χ2v) is 5.63. The topological polar surface area (TPSA) is 64.1 Å². The largest absolute Gasteiger partial charge is 0.394 e. The van der Waals surface area contributed by atoms with E-state index in [0.29, 0.717) is 18.4 Å². The van der Waals surface area contributed by atoms with Gasteiger partial charge in [0.15, 0.2) is 0 Å². The summed E-state index contributed by atoms with van der Waals surface area (Å²) < 4.78 is 2.06. The molecule has 3 rings (SSSR count). The molecule has 0 bridgehead atoms. The summed E-state index contributed by atoms with van der Waals surface area (Å²) in [6.07, 6.45) is 7.27. The van der Waals surface area contributed by atoms with Gasteiger partial charge in [0.05, 0.1) is 18.8 Å². The molecular formula is C14H23N3O. The summed E-state index contributed by atoms with van der Waals surface area (Å²) in [6, 6.07) is 0. The molecule has 2 aliphatic rings. The van der Waals surface area contributed by atoms with Gasteiger partial charge >= 0.3 is 0 Å². The molecule has 1 heterocycles. The van der Waals surface area contributed by atoms with Gasteiger partial charge in [-0.2, -0.15) is 5.10 Å². The predicted molar refractivity (Wildman–Crippen MR) is 70.6 cm³/mol. The number of fused-ring (bicyclic) bond motifs is 1. The first-order valence-electron chi connectivity index (χ1n) is 7.25. The lowest BCUT2D eigenvalue weighted by Crippen LogP contribution is -2.16. The van der Waals surface area contributed by atoms with Gasteiger partial charge in [0.2, 0.25) is 0 Å². The fourth-order valence-electron chi connectivity index (χ4n) is 3.33. The molecule has 1 aromatic rings. The van der Waals surface area contributed by atoms with Gasteiger partial charge in [0, 0.05) is 11.6 Å². The summed E-state index contributed by atoms with van der Waals surface area (Å²) in [5.41, 5.74) is 9.97. The predicted octanol–water partition coefficient (Wildman–Crippen LogP) is 1.52. The lowest BCUT2D eigenvalue weighted by atomic mass is 9.82. The molecular weight excluding hydrogens is 226 g/mol. The molecule has 1 atom stereocenters. The van der Waals surface area contributed by atoms with Crippen LogP contribution in [0.15, 0.2) is 0 Å². The minimum atomic E-state index is 0.180. The van der Waals surface area contributed by atoms with Crippen molar-refractivity contribution >= 4 is 0 Å². The highest BCUT2D eigenvalue weighted by molar-refractivity contribution is 5.36. The first-order chi connectivity index (χ1) is 8.85. The Morgan fingerprint density at radius 1 is 1.33 bits per heavy atom. The molecule has 100 valence electrons. The Labute approximate surface area is 108 Å². The van der Waals surface area contributed by atoms with Crippen LogP contribution in [0.4, 0.5) is 0 Å². The highest BCUT2D eigenvalue weighted by atomic mass is 16.3. The van der Waals surface area contributed by atoms with Crippen LogP contribution in [-0.2, 0) is 13.0 Å². The van der Waals surface area contributed by atoms with Crippen molar-refractivity contribution in [2.75, 3.05) is 13.2 Å². The molecule has 3 N–H and O–H groups in total. The van der Waals surface area contributed by atoms with Crippen molar-refractivity contribution in [2.45, 2.75) is 56.9 Å². The Hall–Kier alpha value is -0.870. The Morgan fingerprint density at radius 2 is 2.17 bits per heavy atom. The van der Waals surface area contributed by atoms with Crippen LogP contribution in [0.5, 0.6) is 0 Å². The third kappa shape index (κ3) is 2.08. The maximum atomic E-state index is 9.17. The van der Waals surface area contributed by atoms with Crippen molar-refractivity contribution in [3.63, 3.8) is 0 Å². The van der Waals surface area contributed by atoms with E-state index in [9.17, 15) is 5.11 Å². The normalized spacial score (nSPS) is 23.1. The Bertz CT molecular complexity index is 423. The highest BCUT2D eigenvalue weighted by Gasteiger charge is 2.35. The summed E-state index contributed by atoms with van der Waals surface area (Å²) in [7, 11) is 0. The zero-order valence-corrected chi connectivity index (χ0v) is 10.9. The average molecular weight is 249 g/mol. The number of aliphatic hydroxyl groups is 1. The van der Waals surface area contributed by atoms with E-state index in [4.69, 9.17) is 10.8 Å². The number of hydrogen-bond acceptors (Lipinski definition) is 3. The van der Waals surface area contributed by atoms with Crippen LogP contribution in [-0.4, -0.2) is 28.0 Å². The van der Waals surface area contributed by atoms with Crippen molar-refractivity contribution in [2.24, 2.45) is 5.73 Å². The second kappa shape index (κ2) is 5.02. The van der Waals surface area contributed by atoms with E-state index in [-0.39, 0.29) is 6.61 Å². The monoisotopic (exact) mass is 249 g/mol. The summed E-state index contributed by atoms with van der Waals surface area (Å²) >= 11 is 0. The number of nitrogens with two attached hydrogens (primary N) is 1. The molecule has 0 saturated heterocycles. The van der Waals surface area contributed by atoms with Gasteiger partial charge < -0.3 is 10.8 Å². The van der Waals surface area contributed by atoms with E-state index < -0.39 is 0 Å². The van der Waals surface area contributed by atoms with Gasteiger partial charge in [-0.3, -0.25) is 4.68 Å². The molecule has 0 amide bonds. The first kappa shape index (κ1) is 12.2. The smallest absolute Gasteiger partial charge is 0.0693 e. The number of aliphatic hydroxyl groups excluding tert-OH is 1. The summed E-state index contributed by atoms with van der Waals surface area (Å²) in [5.74, 6) is 1.30. The van der Waals surface area contributed by atoms with Crippen molar-refractivity contribution in [1.29, 1.82) is 0 Å². The second-order valence-electron chi connectivity index (χ2n) is 5.63. The lowest BCUT2D eigenvalue weighted by molar-refractivity contribution is 0.266. The van der Waals surface area contributed by atoms with E-state index in [2.05, 4.69) is 4.68 Å². The van der Waals surface area contributed by atoms with Crippen molar-refractivity contribution in [3.05, 3.63) is 17.0 Å². The first-order valence-corrected chi connectivity index (χ1v) is 7.25. The molecule has 2 aliphatic carbocycles. The van der Waals surface area contributed by atoms with Crippen molar-refractivity contribution < 1.29 is 5.11 Å². The zero-order chi connectivity index (χ0) is 12.5. The van der Waals surface area contributed by atoms with Crippen LogP contribution in [0.2, 0.25) is 0 Å². The van der Waals surface area contributed by atoms with Crippen molar-refractivity contribution in [1.82, 2.24) is 9.78 Å². The van der Waals surface area contributed by atoms with Gasteiger partial charge in [-0.25, -0.2) is 0 Å². The van der Waals surface area contributed by atoms with Gasteiger partial charge in [0.25, 0.3) is 0 Å². The maximum absolute atomic E-state index is 9.17. The molecule has 0 radical (unpaired) electrons. The lowest BCUT2D eigenvalue weighted by Gasteiger charge is -2.23. The molecule has 1 aromatic heterocycles. The van der Waals surface area contributed by atoms with Gasteiger partial charge in [0.1, 0.15) is 0 Å². The molecule has 0 spiro atoms. The third-order valence-electron chi connectivity index (χ3n) is 4.29. The summed E-state index contributed by atoms with van der Waals surface area (Å²) in [6.45, 7) is 1.59. The van der Waals surface area contributed by atoms with E-state index in [1.54, 1.807) is 0 Å². The van der Waals surface area contributed by atoms with Crippen LogP contribution >= 0.6 is 0 Å². The molecule has 0 aromatic carbocycles. The van der Waals surface area contributed by atoms with Crippen LogP contribution in [0.3, 0.4) is 0 Å². The fourth-order valence-corrected chi connectivity index (χ4v) is 3.33. The van der Waals surface area contributed by atoms with Crippen LogP contribution in [0, 0.1) is 0 Å². The SMILES string of the molecule is NCCC1CCCc2c1c(C1CC1)nn2CCO. The Kier molecular flexibility index (Phi) is 3.39. The van der Waals surface area contributed by atoms with Crippen LogP contribution in [0.25, 0.3) is 0 Å². The standard InChI is InChI=1S/C14H23N3O/c15-7-6-10-2-1-3-12-13(10)14(11-4-5-11)16-17(12)8-9-18/h10-11,18H,1-9,15H2. The van der Waals surface area contributed by atoms with E-state index >= 15 is 0 Å². The Morgan fingerprint density at radius 3 is 2.83 bits per heavy atom. The summed E-state index contributed by atoms with van der Waals surface area (Å²) in [4.78, 5) is 0. The molecule has 0 aliphatic heterocycles. The highest BCUT2D eigenvalue weighted by Crippen LogP contribution is 2.46. The molecule has 1 unspecified atom stereocenters. The van der Waals surface area contributed by atoms with Crippen molar-refractivity contribution in [3.8, 4) is 0 Å². The Balaban J connectivity index is 1.99. The minimum Gasteiger partial charge on any atom is -0.394 e. The molecule has 18 heavy (non-hydrogen) atoms. The third-order valence-corrected chi connectivity index (χ3v) is 4.29. The molecule has 1 saturated carbocycles. The average Bonchev–Trinajstić information content (AvgIpc) is 3.15. The molecule has 1 fully saturated rings. The zero-order valence-electron chi connectivity index (χ0n) is 10.9. The fraction of sp³-hybridized carbons (Fsp3) is 0.786. The number of rotatable bonds is 5. The van der Waals surface area contributed by atoms with E-state index in [0.717, 1.165) is 19.4 Å². The van der Waals surface area contributed by atoms with Gasteiger partial charge in [-0.1, -0.05) is 0 Å². The number of nitrogens with zero attached hydrogens (tertiary/aromatic N) is 2. The van der Waals surface area contributed by atoms with E-state index in [1.165, 1.54) is 42.6 Å². The molecule has 4 heteroatoms. The quantitative estimate of drug-likeness (QED) is 0.831. The minimum absolute atomic E-state index is 0.180. The van der Waals surface area contributed by atoms with Gasteiger partial charge in [-0.15, -0.1) is 0 Å². The van der Waals surface area contributed by atoms with Gasteiger partial charge in [-0.05, 0) is 56.6 Å². The van der Waals surface area contributed by atoms with Crippen LogP contribution < -0.4 is 5.73 Å². The molecule has 4 nitrogen and oxygen atoms in total. The number of aromatic nitrogens is 2. The van der Waals surface area contributed by atoms with Crippen LogP contribution in [0.1, 0.15) is 60.9 Å².